The zero-order valence-electron chi connectivity index (χ0n) is 7.03. The van der Waals surface area contributed by atoms with Crippen LogP contribution in [0.4, 0.5) is 0 Å². The van der Waals surface area contributed by atoms with Gasteiger partial charge in [-0.1, -0.05) is 0 Å². The fraction of sp³-hybridized carbons (Fsp3) is 0.250. The van der Waals surface area contributed by atoms with Gasteiger partial charge < -0.3 is 15.4 Å². The molecule has 5 nitrogen and oxygen atoms in total. The number of nitrogens with two attached hydrogens (primary N) is 1. The highest BCUT2D eigenvalue weighted by atomic mass is 16.4. The Bertz CT molecular complexity index is 330. The average molecular weight is 181 g/mol. The van der Waals surface area contributed by atoms with E-state index < -0.39 is 5.97 Å². The average Bonchev–Trinajstić information content (AvgIpc) is 2.47. The predicted octanol–water partition coefficient (Wildman–Crippen LogP) is 0.247. The van der Waals surface area contributed by atoms with Crippen molar-refractivity contribution in [2.75, 3.05) is 0 Å². The second-order valence-corrected chi connectivity index (χ2v) is 2.64. The number of hydrogen-bond acceptors (Lipinski definition) is 2. The summed E-state index contributed by atoms with van der Waals surface area (Å²) >= 11 is 0. The first-order valence-electron chi connectivity index (χ1n) is 3.82. The Morgan fingerprint density at radius 1 is 1.69 bits per heavy atom. The minimum absolute atomic E-state index is 0.0367. The van der Waals surface area contributed by atoms with Crippen LogP contribution in [-0.2, 0) is 11.3 Å². The van der Waals surface area contributed by atoms with Gasteiger partial charge in [0.15, 0.2) is 0 Å². The van der Waals surface area contributed by atoms with Crippen LogP contribution < -0.4 is 5.73 Å². The molecule has 0 saturated heterocycles. The van der Waals surface area contributed by atoms with Gasteiger partial charge in [-0.25, -0.2) is 0 Å². The van der Waals surface area contributed by atoms with Crippen molar-refractivity contribution in [3.05, 3.63) is 24.0 Å². The molecule has 0 aliphatic carbocycles. The molecule has 5 heteroatoms. The van der Waals surface area contributed by atoms with Gasteiger partial charge in [0.1, 0.15) is 5.84 Å². The molecule has 1 aromatic heterocycles. The van der Waals surface area contributed by atoms with Crippen molar-refractivity contribution in [3.63, 3.8) is 0 Å². The van der Waals surface area contributed by atoms with Gasteiger partial charge in [0.25, 0.3) is 0 Å². The van der Waals surface area contributed by atoms with E-state index in [4.69, 9.17) is 16.2 Å². The van der Waals surface area contributed by atoms with Crippen LogP contribution in [0.2, 0.25) is 0 Å². The molecule has 0 bridgehead atoms. The van der Waals surface area contributed by atoms with E-state index in [1.165, 1.54) is 0 Å². The number of amidine groups is 1. The molecule has 0 amide bonds. The first kappa shape index (κ1) is 9.31. The first-order chi connectivity index (χ1) is 6.11. The first-order valence-corrected chi connectivity index (χ1v) is 3.82. The predicted molar refractivity (Wildman–Crippen MR) is 47.7 cm³/mol. The van der Waals surface area contributed by atoms with E-state index in [2.05, 4.69) is 0 Å². The lowest BCUT2D eigenvalue weighted by atomic mass is 10.3. The molecule has 1 rings (SSSR count). The number of carboxylic acid groups (broad SMARTS) is 1. The Morgan fingerprint density at radius 2 is 2.38 bits per heavy atom. The Kier molecular flexibility index (Phi) is 2.69. The molecule has 0 unspecified atom stereocenters. The van der Waals surface area contributed by atoms with Crippen LogP contribution in [-0.4, -0.2) is 21.5 Å². The zero-order chi connectivity index (χ0) is 9.84. The largest absolute Gasteiger partial charge is 0.481 e. The second-order valence-electron chi connectivity index (χ2n) is 2.64. The number of carboxylic acids is 1. The van der Waals surface area contributed by atoms with Crippen LogP contribution >= 0.6 is 0 Å². The van der Waals surface area contributed by atoms with Gasteiger partial charge in [0.05, 0.1) is 12.1 Å². The molecule has 0 fully saturated rings. The molecule has 0 radical (unpaired) electrons. The summed E-state index contributed by atoms with van der Waals surface area (Å²) < 4.78 is 1.65. The van der Waals surface area contributed by atoms with Gasteiger partial charge in [-0.2, -0.15) is 0 Å². The molecule has 1 aromatic rings. The Morgan fingerprint density at radius 3 is 2.92 bits per heavy atom. The fourth-order valence-corrected chi connectivity index (χ4v) is 1.07. The van der Waals surface area contributed by atoms with E-state index in [-0.39, 0.29) is 12.3 Å². The van der Waals surface area contributed by atoms with Gasteiger partial charge >= 0.3 is 5.97 Å². The highest BCUT2D eigenvalue weighted by Crippen LogP contribution is 2.02. The molecule has 4 N–H and O–H groups in total. The van der Waals surface area contributed by atoms with Gasteiger partial charge in [-0.15, -0.1) is 0 Å². The van der Waals surface area contributed by atoms with E-state index in [0.29, 0.717) is 12.2 Å². The smallest absolute Gasteiger partial charge is 0.305 e. The maximum Gasteiger partial charge on any atom is 0.305 e. The van der Waals surface area contributed by atoms with Gasteiger partial charge in [-0.05, 0) is 12.1 Å². The van der Waals surface area contributed by atoms with Crippen LogP contribution in [0.5, 0.6) is 0 Å². The van der Waals surface area contributed by atoms with E-state index in [9.17, 15) is 4.79 Å². The molecule has 13 heavy (non-hydrogen) atoms. The number of aromatic nitrogens is 1. The van der Waals surface area contributed by atoms with Crippen LogP contribution in [0.3, 0.4) is 0 Å². The van der Waals surface area contributed by atoms with Gasteiger partial charge in [0, 0.05) is 12.7 Å². The molecular weight excluding hydrogens is 170 g/mol. The molecule has 0 aliphatic heterocycles. The summed E-state index contributed by atoms with van der Waals surface area (Å²) in [6, 6.07) is 3.42. The quantitative estimate of drug-likeness (QED) is 0.459. The topological polar surface area (TPSA) is 92.1 Å². The minimum Gasteiger partial charge on any atom is -0.481 e. The molecule has 0 aliphatic rings. The number of aliphatic carboxylic acids is 1. The molecule has 0 spiro atoms. The fourth-order valence-electron chi connectivity index (χ4n) is 1.07. The van der Waals surface area contributed by atoms with Crippen LogP contribution in [0.15, 0.2) is 18.3 Å². The van der Waals surface area contributed by atoms with E-state index >= 15 is 0 Å². The number of nitrogens with one attached hydrogen (secondary N) is 1. The number of nitrogens with zero attached hydrogens (tertiary/aromatic N) is 1. The van der Waals surface area contributed by atoms with Crippen molar-refractivity contribution >= 4 is 11.8 Å². The second kappa shape index (κ2) is 3.75. The maximum absolute atomic E-state index is 10.3. The monoisotopic (exact) mass is 181 g/mol. The van der Waals surface area contributed by atoms with Crippen LogP contribution in [0, 0.1) is 5.41 Å². The van der Waals surface area contributed by atoms with Crippen molar-refractivity contribution in [1.82, 2.24) is 4.57 Å². The highest BCUT2D eigenvalue weighted by Gasteiger charge is 2.04. The van der Waals surface area contributed by atoms with Crippen molar-refractivity contribution < 1.29 is 9.90 Å². The van der Waals surface area contributed by atoms with Crippen molar-refractivity contribution in [2.45, 2.75) is 13.0 Å². The normalized spacial score (nSPS) is 9.85. The zero-order valence-corrected chi connectivity index (χ0v) is 7.03. The van der Waals surface area contributed by atoms with Gasteiger partial charge in [0.2, 0.25) is 0 Å². The van der Waals surface area contributed by atoms with Crippen molar-refractivity contribution in [1.29, 1.82) is 5.41 Å². The lowest BCUT2D eigenvalue weighted by Gasteiger charge is -2.05. The highest BCUT2D eigenvalue weighted by molar-refractivity contribution is 5.93. The van der Waals surface area contributed by atoms with E-state index in [1.54, 1.807) is 22.9 Å². The third-order valence-corrected chi connectivity index (χ3v) is 1.67. The third kappa shape index (κ3) is 2.33. The van der Waals surface area contributed by atoms with Crippen molar-refractivity contribution in [3.8, 4) is 0 Å². The standard InChI is InChI=1S/C8H11N3O2/c9-8(10)6-2-1-4-11(6)5-3-7(12)13/h1-2,4H,3,5H2,(H3,9,10)(H,12,13). The summed E-state index contributed by atoms with van der Waals surface area (Å²) in [6.45, 7) is 0.344. The summed E-state index contributed by atoms with van der Waals surface area (Å²) in [4.78, 5) is 10.3. The molecule has 0 saturated carbocycles. The molecule has 70 valence electrons. The molecule has 0 aromatic carbocycles. The molecule has 0 atom stereocenters. The third-order valence-electron chi connectivity index (χ3n) is 1.67. The number of rotatable bonds is 4. The Hall–Kier alpha value is -1.78. The summed E-state index contributed by atoms with van der Waals surface area (Å²) in [5, 5.41) is 15.6. The van der Waals surface area contributed by atoms with Crippen LogP contribution in [0.1, 0.15) is 12.1 Å². The minimum atomic E-state index is -0.858. The number of aryl methyl sites for hydroxylation is 1. The summed E-state index contributed by atoms with van der Waals surface area (Å²) in [5.74, 6) is -0.904. The molecule has 1 heterocycles. The van der Waals surface area contributed by atoms with E-state index in [1.807, 2.05) is 0 Å². The maximum atomic E-state index is 10.3. The number of carbonyl (C=O) groups is 1. The van der Waals surface area contributed by atoms with Crippen molar-refractivity contribution in [2.24, 2.45) is 5.73 Å². The van der Waals surface area contributed by atoms with Gasteiger partial charge in [-0.3, -0.25) is 10.2 Å². The lowest BCUT2D eigenvalue weighted by molar-refractivity contribution is -0.137. The SMILES string of the molecule is N=C(N)c1cccn1CCC(=O)O. The summed E-state index contributed by atoms with van der Waals surface area (Å²) in [7, 11) is 0. The summed E-state index contributed by atoms with van der Waals surface area (Å²) in [6.07, 6.45) is 1.74. The van der Waals surface area contributed by atoms with E-state index in [0.717, 1.165) is 0 Å². The summed E-state index contributed by atoms with van der Waals surface area (Å²) in [5.41, 5.74) is 5.84. The lowest BCUT2D eigenvalue weighted by Crippen LogP contribution is -2.17. The Labute approximate surface area is 75.3 Å². The van der Waals surface area contributed by atoms with Crippen LogP contribution in [0.25, 0.3) is 0 Å². The number of hydrogen-bond donors (Lipinski definition) is 3. The molecular formula is C8H11N3O2. The Balaban J connectivity index is 2.71. The number of nitrogen functional groups attached to an aromatic ring is 1.